The zero-order valence-electron chi connectivity index (χ0n) is 16.1. The molecular formula is C22H24N4O2. The number of hydrogen-bond acceptors (Lipinski definition) is 5. The highest BCUT2D eigenvalue weighted by Gasteiger charge is 2.09. The van der Waals surface area contributed by atoms with Crippen molar-refractivity contribution in [3.8, 4) is 5.75 Å². The molecule has 0 aliphatic rings. The van der Waals surface area contributed by atoms with E-state index in [0.717, 1.165) is 29.8 Å². The van der Waals surface area contributed by atoms with E-state index in [1.54, 1.807) is 13.3 Å². The first-order valence-electron chi connectivity index (χ1n) is 9.27. The minimum absolute atomic E-state index is 0.273. The van der Waals surface area contributed by atoms with E-state index in [4.69, 9.17) is 4.74 Å². The van der Waals surface area contributed by atoms with Gasteiger partial charge in [0.05, 0.1) is 19.5 Å². The highest BCUT2D eigenvalue weighted by atomic mass is 16.5. The van der Waals surface area contributed by atoms with Crippen LogP contribution in [0.4, 0.5) is 11.5 Å². The molecule has 3 rings (SSSR count). The van der Waals surface area contributed by atoms with Crippen molar-refractivity contribution in [3.05, 3.63) is 77.7 Å². The highest BCUT2D eigenvalue weighted by Crippen LogP contribution is 2.17. The number of nitrogens with one attached hydrogen (secondary N) is 2. The average Bonchev–Trinajstić information content (AvgIpc) is 2.75. The molecule has 0 atom stereocenters. The number of anilines is 2. The first-order valence-corrected chi connectivity index (χ1v) is 9.27. The van der Waals surface area contributed by atoms with E-state index in [0.29, 0.717) is 12.4 Å². The van der Waals surface area contributed by atoms with Crippen LogP contribution in [-0.2, 0) is 12.8 Å². The molecule has 2 N–H and O–H groups in total. The van der Waals surface area contributed by atoms with Crippen LogP contribution in [-0.4, -0.2) is 29.5 Å². The maximum atomic E-state index is 12.3. The summed E-state index contributed by atoms with van der Waals surface area (Å²) in [5.41, 5.74) is 3.36. The van der Waals surface area contributed by atoms with Crippen molar-refractivity contribution in [3.63, 3.8) is 0 Å². The maximum absolute atomic E-state index is 12.3. The zero-order chi connectivity index (χ0) is 19.8. The summed E-state index contributed by atoms with van der Waals surface area (Å²) in [6.45, 7) is 2.78. The van der Waals surface area contributed by atoms with Crippen LogP contribution in [0.15, 0.2) is 60.9 Å². The Morgan fingerprint density at radius 3 is 2.50 bits per heavy atom. The third-order valence-electron chi connectivity index (χ3n) is 4.40. The lowest BCUT2D eigenvalue weighted by Crippen LogP contribution is -2.15. The SMILES string of the molecule is CCc1ccc(NC(=O)c2cnc(NCCc3ccccc3OC)cn2)cc1. The minimum atomic E-state index is -0.280. The molecule has 0 saturated heterocycles. The quantitative estimate of drug-likeness (QED) is 0.622. The number of methoxy groups -OCH3 is 1. The van der Waals surface area contributed by atoms with E-state index in [2.05, 4.69) is 27.5 Å². The van der Waals surface area contributed by atoms with Crippen LogP contribution < -0.4 is 15.4 Å². The third kappa shape index (κ3) is 5.07. The van der Waals surface area contributed by atoms with Gasteiger partial charge >= 0.3 is 0 Å². The van der Waals surface area contributed by atoms with Crippen LogP contribution in [0.25, 0.3) is 0 Å². The number of rotatable bonds is 8. The Kier molecular flexibility index (Phi) is 6.57. The van der Waals surface area contributed by atoms with Crippen molar-refractivity contribution < 1.29 is 9.53 Å². The summed E-state index contributed by atoms with van der Waals surface area (Å²) < 4.78 is 5.35. The van der Waals surface area contributed by atoms with E-state index in [1.165, 1.54) is 11.8 Å². The Hall–Kier alpha value is -3.41. The van der Waals surface area contributed by atoms with E-state index >= 15 is 0 Å². The van der Waals surface area contributed by atoms with Crippen molar-refractivity contribution in [2.75, 3.05) is 24.3 Å². The summed E-state index contributed by atoms with van der Waals surface area (Å²) >= 11 is 0. The van der Waals surface area contributed by atoms with Gasteiger partial charge in [-0.3, -0.25) is 4.79 Å². The van der Waals surface area contributed by atoms with Crippen molar-refractivity contribution in [1.82, 2.24) is 9.97 Å². The Morgan fingerprint density at radius 1 is 1.04 bits per heavy atom. The van der Waals surface area contributed by atoms with E-state index in [9.17, 15) is 4.79 Å². The minimum Gasteiger partial charge on any atom is -0.496 e. The number of aromatic nitrogens is 2. The van der Waals surface area contributed by atoms with Crippen molar-refractivity contribution >= 4 is 17.4 Å². The van der Waals surface area contributed by atoms with Crippen LogP contribution in [0.1, 0.15) is 28.5 Å². The molecule has 0 saturated carbocycles. The molecule has 3 aromatic rings. The van der Waals surface area contributed by atoms with Crippen molar-refractivity contribution in [2.45, 2.75) is 19.8 Å². The lowest BCUT2D eigenvalue weighted by molar-refractivity contribution is 0.102. The summed E-state index contributed by atoms with van der Waals surface area (Å²) in [6.07, 6.45) is 4.80. The average molecular weight is 376 g/mol. The number of carbonyl (C=O) groups excluding carboxylic acids is 1. The van der Waals surface area contributed by atoms with Gasteiger partial charge in [0.25, 0.3) is 5.91 Å². The van der Waals surface area contributed by atoms with E-state index in [-0.39, 0.29) is 11.6 Å². The van der Waals surface area contributed by atoms with E-state index < -0.39 is 0 Å². The molecule has 0 aliphatic heterocycles. The Morgan fingerprint density at radius 2 is 1.82 bits per heavy atom. The molecule has 0 radical (unpaired) electrons. The summed E-state index contributed by atoms with van der Waals surface area (Å²) in [7, 11) is 1.67. The number of amides is 1. The maximum Gasteiger partial charge on any atom is 0.275 e. The number of carbonyl (C=O) groups is 1. The number of ether oxygens (including phenoxy) is 1. The molecule has 6 heteroatoms. The van der Waals surface area contributed by atoms with Gasteiger partial charge in [0.15, 0.2) is 0 Å². The van der Waals surface area contributed by atoms with Gasteiger partial charge in [-0.05, 0) is 42.2 Å². The lowest BCUT2D eigenvalue weighted by atomic mass is 10.1. The fourth-order valence-corrected chi connectivity index (χ4v) is 2.79. The van der Waals surface area contributed by atoms with Gasteiger partial charge in [0, 0.05) is 12.2 Å². The van der Waals surface area contributed by atoms with Gasteiger partial charge in [0.1, 0.15) is 17.3 Å². The van der Waals surface area contributed by atoms with Gasteiger partial charge in [-0.15, -0.1) is 0 Å². The topological polar surface area (TPSA) is 76.1 Å². The predicted octanol–water partition coefficient (Wildman–Crippen LogP) is 3.95. The summed E-state index contributed by atoms with van der Waals surface area (Å²) in [6, 6.07) is 15.7. The Bertz CT molecular complexity index is 909. The molecule has 6 nitrogen and oxygen atoms in total. The molecule has 0 bridgehead atoms. The molecule has 28 heavy (non-hydrogen) atoms. The normalized spacial score (nSPS) is 10.4. The third-order valence-corrected chi connectivity index (χ3v) is 4.40. The van der Waals surface area contributed by atoms with E-state index in [1.807, 2.05) is 48.5 Å². The second kappa shape index (κ2) is 9.50. The van der Waals surface area contributed by atoms with Gasteiger partial charge in [-0.1, -0.05) is 37.3 Å². The highest BCUT2D eigenvalue weighted by molar-refractivity contribution is 6.02. The summed E-state index contributed by atoms with van der Waals surface area (Å²) in [5, 5.41) is 6.04. The van der Waals surface area contributed by atoms with Crippen LogP contribution in [0.3, 0.4) is 0 Å². The number of aryl methyl sites for hydroxylation is 1. The molecule has 1 aromatic heterocycles. The molecule has 2 aromatic carbocycles. The molecule has 0 unspecified atom stereocenters. The second-order valence-electron chi connectivity index (χ2n) is 6.28. The molecule has 0 spiro atoms. The number of nitrogens with zero attached hydrogens (tertiary/aromatic N) is 2. The van der Waals surface area contributed by atoms with Crippen LogP contribution in [0.5, 0.6) is 5.75 Å². The van der Waals surface area contributed by atoms with Crippen LogP contribution in [0.2, 0.25) is 0 Å². The fraction of sp³-hybridized carbons (Fsp3) is 0.227. The number of hydrogen-bond donors (Lipinski definition) is 2. The lowest BCUT2D eigenvalue weighted by Gasteiger charge is -2.09. The standard InChI is InChI=1S/C22H24N4O2/c1-3-16-8-10-18(11-9-16)26-22(27)19-14-25-21(15-24-19)23-13-12-17-6-4-5-7-20(17)28-2/h4-11,14-15H,3,12-13H2,1-2H3,(H,23,25)(H,26,27). The smallest absolute Gasteiger partial charge is 0.275 e. The molecular weight excluding hydrogens is 352 g/mol. The van der Waals surface area contributed by atoms with Crippen molar-refractivity contribution in [2.24, 2.45) is 0 Å². The molecule has 0 fully saturated rings. The predicted molar refractivity (Wildman–Crippen MR) is 111 cm³/mol. The summed E-state index contributed by atoms with van der Waals surface area (Å²) in [4.78, 5) is 20.8. The fourth-order valence-electron chi connectivity index (χ4n) is 2.79. The van der Waals surface area contributed by atoms with Crippen LogP contribution in [0, 0.1) is 0 Å². The van der Waals surface area contributed by atoms with Crippen LogP contribution >= 0.6 is 0 Å². The zero-order valence-corrected chi connectivity index (χ0v) is 16.1. The second-order valence-corrected chi connectivity index (χ2v) is 6.28. The summed E-state index contributed by atoms with van der Waals surface area (Å²) in [5.74, 6) is 1.21. The monoisotopic (exact) mass is 376 g/mol. The van der Waals surface area contributed by atoms with Gasteiger partial charge in [0.2, 0.25) is 0 Å². The first kappa shape index (κ1) is 19.4. The molecule has 1 amide bonds. The first-order chi connectivity index (χ1) is 13.7. The number of para-hydroxylation sites is 1. The van der Waals surface area contributed by atoms with Gasteiger partial charge < -0.3 is 15.4 Å². The largest absolute Gasteiger partial charge is 0.496 e. The molecule has 1 heterocycles. The van der Waals surface area contributed by atoms with Crippen molar-refractivity contribution in [1.29, 1.82) is 0 Å². The molecule has 144 valence electrons. The molecule has 0 aliphatic carbocycles. The van der Waals surface area contributed by atoms with Gasteiger partial charge in [-0.25, -0.2) is 9.97 Å². The van der Waals surface area contributed by atoms with Gasteiger partial charge in [-0.2, -0.15) is 0 Å². The number of benzene rings is 2. The Balaban J connectivity index is 1.53. The Labute approximate surface area is 165 Å².